The van der Waals surface area contributed by atoms with Gasteiger partial charge in [0.25, 0.3) is 0 Å². The second-order valence-corrected chi connectivity index (χ2v) is 4.02. The van der Waals surface area contributed by atoms with Crippen LogP contribution >= 0.6 is 0 Å². The van der Waals surface area contributed by atoms with E-state index in [1.165, 1.54) is 16.7 Å². The van der Waals surface area contributed by atoms with Crippen LogP contribution in [0, 0.1) is 13.3 Å². The predicted molar refractivity (Wildman–Crippen MR) is 72.9 cm³/mol. The molecule has 0 nitrogen and oxygen atoms in total. The van der Waals surface area contributed by atoms with Crippen LogP contribution in [0.25, 0.3) is 5.57 Å². The van der Waals surface area contributed by atoms with Gasteiger partial charge in [-0.1, -0.05) is 61.6 Å². The smallest absolute Gasteiger partial charge is 0 e. The maximum Gasteiger partial charge on any atom is 0 e. The molecule has 0 aliphatic heterocycles. The van der Waals surface area contributed by atoms with Crippen molar-refractivity contribution in [1.29, 1.82) is 0 Å². The Hall–Kier alpha value is 0.232. The molecule has 2 heteroatoms. The fourth-order valence-electron chi connectivity index (χ4n) is 1.74. The third kappa shape index (κ3) is 5.47. The molecule has 1 aromatic rings. The quantitative estimate of drug-likeness (QED) is 0.509. The van der Waals surface area contributed by atoms with Crippen molar-refractivity contribution in [2.75, 3.05) is 0 Å². The Morgan fingerprint density at radius 3 is 2.00 bits per heavy atom. The van der Waals surface area contributed by atoms with Crippen molar-refractivity contribution in [3.05, 3.63) is 73.2 Å². The summed E-state index contributed by atoms with van der Waals surface area (Å²) < 4.78 is 0. The molecule has 0 saturated carbocycles. The first-order chi connectivity index (χ1) is 7.27. The minimum Gasteiger partial charge on any atom is -0.358 e. The minimum absolute atomic E-state index is 0. The van der Waals surface area contributed by atoms with Crippen molar-refractivity contribution < 1.29 is 53.8 Å². The van der Waals surface area contributed by atoms with Crippen LogP contribution in [0.15, 0.2) is 60.2 Å². The van der Waals surface area contributed by atoms with Gasteiger partial charge in [-0.15, -0.1) is 0 Å². The summed E-state index contributed by atoms with van der Waals surface area (Å²) in [6.45, 7) is 4.37. The molecule has 1 aliphatic rings. The number of benzene rings is 1. The fraction of sp³-hybridized carbons (Fsp3) is 0.188. The predicted octanol–water partition coefficient (Wildman–Crippen LogP) is 4.67. The Morgan fingerprint density at radius 2 is 1.50 bits per heavy atom. The van der Waals surface area contributed by atoms with Gasteiger partial charge in [0.05, 0.1) is 0 Å². The largest absolute Gasteiger partial charge is 0.358 e. The van der Waals surface area contributed by atoms with Crippen LogP contribution < -0.4 is 0 Å². The molecule has 0 heterocycles. The summed E-state index contributed by atoms with van der Waals surface area (Å²) in [5.41, 5.74) is 3.96. The van der Waals surface area contributed by atoms with Gasteiger partial charge in [0.1, 0.15) is 0 Å². The van der Waals surface area contributed by atoms with Crippen LogP contribution in [-0.2, 0) is 53.8 Å². The van der Waals surface area contributed by atoms with Crippen LogP contribution in [-0.4, -0.2) is 0 Å². The number of rotatable bonds is 1. The molecule has 0 bridgehead atoms. The average Bonchev–Trinajstić information content (AvgIpc) is 2.30. The van der Waals surface area contributed by atoms with E-state index >= 15 is 0 Å². The minimum atomic E-state index is 0. The second kappa shape index (κ2) is 10.1. The molecule has 0 atom stereocenters. The van der Waals surface area contributed by atoms with Crippen molar-refractivity contribution >= 4 is 5.57 Å². The molecule has 0 amide bonds. The zero-order chi connectivity index (χ0) is 10.7. The molecule has 0 spiro atoms. The van der Waals surface area contributed by atoms with Crippen LogP contribution in [0.1, 0.15) is 19.4 Å². The van der Waals surface area contributed by atoms with Gasteiger partial charge < -0.3 is 7.43 Å². The molecule has 0 aromatic heterocycles. The van der Waals surface area contributed by atoms with E-state index in [2.05, 4.69) is 68.5 Å². The van der Waals surface area contributed by atoms with E-state index in [1.54, 1.807) is 0 Å². The Morgan fingerprint density at radius 1 is 1.00 bits per heavy atom. The maximum absolute atomic E-state index is 2.24. The van der Waals surface area contributed by atoms with Gasteiger partial charge in [-0.25, -0.2) is 0 Å². The SMILES string of the molecule is CC(=C1C=CC(C)C=C1)c1ccccc1.[CH3-].[W].[Y]. The standard InChI is InChI=1S/C15H16.CH3.W.Y/c1-12-8-10-15(11-9-12)13(2)14-6-4-3-5-7-14;;;/h3-12H,1-2H3;1H3;;/q;-1;;. The van der Waals surface area contributed by atoms with E-state index in [0.717, 1.165) is 0 Å². The Bertz CT molecular complexity index is 414. The summed E-state index contributed by atoms with van der Waals surface area (Å²) in [6, 6.07) is 10.5. The third-order valence-corrected chi connectivity index (χ3v) is 2.80. The van der Waals surface area contributed by atoms with Crippen LogP contribution in [0.5, 0.6) is 0 Å². The molecule has 18 heavy (non-hydrogen) atoms. The zero-order valence-corrected chi connectivity index (χ0v) is 17.0. The van der Waals surface area contributed by atoms with Crippen molar-refractivity contribution in [3.8, 4) is 0 Å². The summed E-state index contributed by atoms with van der Waals surface area (Å²) in [6.07, 6.45) is 8.91. The normalized spacial score (nSPS) is 16.1. The topological polar surface area (TPSA) is 0 Å². The van der Waals surface area contributed by atoms with Crippen LogP contribution in [0.3, 0.4) is 0 Å². The molecule has 2 rings (SSSR count). The fourth-order valence-corrected chi connectivity index (χ4v) is 1.74. The molecule has 1 aromatic carbocycles. The second-order valence-electron chi connectivity index (χ2n) is 4.02. The number of allylic oxidation sites excluding steroid dienone is 6. The Labute approximate surface area is 151 Å². The first kappa shape index (κ1) is 20.5. The Kier molecular flexibility index (Phi) is 11.5. The van der Waals surface area contributed by atoms with Crippen molar-refractivity contribution in [2.45, 2.75) is 13.8 Å². The summed E-state index contributed by atoms with van der Waals surface area (Å²) in [4.78, 5) is 0. The molecule has 93 valence electrons. The molecular weight excluding hydrogens is 465 g/mol. The molecule has 0 fully saturated rings. The van der Waals surface area contributed by atoms with Crippen LogP contribution in [0.2, 0.25) is 0 Å². The first-order valence-electron chi connectivity index (χ1n) is 5.40. The molecule has 0 unspecified atom stereocenters. The zero-order valence-electron chi connectivity index (χ0n) is 11.3. The molecule has 0 saturated heterocycles. The van der Waals surface area contributed by atoms with E-state index < -0.39 is 0 Å². The van der Waals surface area contributed by atoms with Gasteiger partial charge in [0, 0.05) is 53.8 Å². The molecule has 1 radical (unpaired) electrons. The molecule has 0 N–H and O–H groups in total. The maximum atomic E-state index is 2.24. The Balaban J connectivity index is 0. The van der Waals surface area contributed by atoms with Crippen LogP contribution in [0.4, 0.5) is 0 Å². The number of hydrogen-bond acceptors (Lipinski definition) is 0. The monoisotopic (exact) mass is 484 g/mol. The van der Waals surface area contributed by atoms with Gasteiger partial charge in [0.2, 0.25) is 0 Å². The molecular formula is C16H19WY-. The third-order valence-electron chi connectivity index (χ3n) is 2.80. The van der Waals surface area contributed by atoms with E-state index in [4.69, 9.17) is 0 Å². The van der Waals surface area contributed by atoms with Crippen molar-refractivity contribution in [2.24, 2.45) is 5.92 Å². The van der Waals surface area contributed by atoms with Gasteiger partial charge >= 0.3 is 0 Å². The average molecular weight is 484 g/mol. The van der Waals surface area contributed by atoms with Gasteiger partial charge in [-0.2, -0.15) is 0 Å². The van der Waals surface area contributed by atoms with E-state index in [-0.39, 0.29) is 61.2 Å². The van der Waals surface area contributed by atoms with Gasteiger partial charge in [-0.05, 0) is 29.6 Å². The van der Waals surface area contributed by atoms with Gasteiger partial charge in [0.15, 0.2) is 0 Å². The first-order valence-corrected chi connectivity index (χ1v) is 5.40. The van der Waals surface area contributed by atoms with E-state index in [9.17, 15) is 0 Å². The molecule has 1 aliphatic carbocycles. The summed E-state index contributed by atoms with van der Waals surface area (Å²) in [7, 11) is 0. The van der Waals surface area contributed by atoms with Crippen molar-refractivity contribution in [1.82, 2.24) is 0 Å². The van der Waals surface area contributed by atoms with Gasteiger partial charge in [-0.3, -0.25) is 0 Å². The van der Waals surface area contributed by atoms with E-state index in [0.29, 0.717) is 5.92 Å². The van der Waals surface area contributed by atoms with E-state index in [1.807, 2.05) is 0 Å². The summed E-state index contributed by atoms with van der Waals surface area (Å²) in [5.74, 6) is 0.567. The van der Waals surface area contributed by atoms with Crippen molar-refractivity contribution in [3.63, 3.8) is 0 Å². The number of hydrogen-bond donors (Lipinski definition) is 0. The summed E-state index contributed by atoms with van der Waals surface area (Å²) in [5, 5.41) is 0. The summed E-state index contributed by atoms with van der Waals surface area (Å²) >= 11 is 0.